The zero-order valence-electron chi connectivity index (χ0n) is 20.3. The number of aryl methyl sites for hydroxylation is 1. The maximum Gasteiger partial charge on any atom is 0.118 e. The van der Waals surface area contributed by atoms with E-state index in [1.54, 1.807) is 7.11 Å². The fourth-order valence-electron chi connectivity index (χ4n) is 5.53. The molecule has 1 fully saturated rings. The number of nitrogens with zero attached hydrogens (tertiary/aromatic N) is 2. The topological polar surface area (TPSA) is 35.9 Å². The summed E-state index contributed by atoms with van der Waals surface area (Å²) in [6.45, 7) is 8.93. The van der Waals surface area contributed by atoms with Crippen molar-refractivity contribution in [2.75, 3.05) is 40.3 Å². The number of fused-ring (bicyclic) bond motifs is 1. The first-order chi connectivity index (χ1) is 15.3. The van der Waals surface area contributed by atoms with E-state index in [1.807, 2.05) is 13.8 Å². The molecule has 4 heteroatoms. The summed E-state index contributed by atoms with van der Waals surface area (Å²) < 4.78 is 5.34. The largest absolute Gasteiger partial charge is 0.497 e. The lowest BCUT2D eigenvalue weighted by atomic mass is 9.83. The van der Waals surface area contributed by atoms with E-state index < -0.39 is 5.60 Å². The Morgan fingerprint density at radius 3 is 2.44 bits per heavy atom. The molecule has 174 valence electrons. The molecule has 0 radical (unpaired) electrons. The van der Waals surface area contributed by atoms with E-state index >= 15 is 0 Å². The summed E-state index contributed by atoms with van der Waals surface area (Å²) in [5.74, 6) is 2.14. The van der Waals surface area contributed by atoms with E-state index in [2.05, 4.69) is 59.3 Å². The minimum Gasteiger partial charge on any atom is -0.497 e. The van der Waals surface area contributed by atoms with Crippen LogP contribution in [0.3, 0.4) is 0 Å². The fraction of sp³-hybridized carbons (Fsp3) is 0.571. The first kappa shape index (κ1) is 23.3. The van der Waals surface area contributed by atoms with E-state index in [4.69, 9.17) is 4.74 Å². The molecule has 0 bridgehead atoms. The Morgan fingerprint density at radius 2 is 1.78 bits per heavy atom. The normalized spacial score (nSPS) is 20.8. The van der Waals surface area contributed by atoms with Gasteiger partial charge in [0, 0.05) is 25.6 Å². The van der Waals surface area contributed by atoms with Crippen molar-refractivity contribution in [3.63, 3.8) is 0 Å². The Bertz CT molecular complexity index is 879. The van der Waals surface area contributed by atoms with E-state index in [0.29, 0.717) is 5.92 Å². The molecule has 2 aliphatic heterocycles. The van der Waals surface area contributed by atoms with Gasteiger partial charge in [-0.2, -0.15) is 0 Å². The Labute approximate surface area is 194 Å². The predicted molar refractivity (Wildman–Crippen MR) is 131 cm³/mol. The molecule has 1 saturated heterocycles. The smallest absolute Gasteiger partial charge is 0.118 e. The van der Waals surface area contributed by atoms with Gasteiger partial charge in [0.05, 0.1) is 12.7 Å². The summed E-state index contributed by atoms with van der Waals surface area (Å²) in [5.41, 5.74) is 5.22. The highest BCUT2D eigenvalue weighted by molar-refractivity contribution is 5.43. The van der Waals surface area contributed by atoms with Crippen LogP contribution < -0.4 is 4.74 Å². The van der Waals surface area contributed by atoms with Crippen molar-refractivity contribution in [1.29, 1.82) is 0 Å². The summed E-state index contributed by atoms with van der Waals surface area (Å²) in [4.78, 5) is 4.87. The third-order valence-corrected chi connectivity index (χ3v) is 7.19. The van der Waals surface area contributed by atoms with Gasteiger partial charge in [-0.25, -0.2) is 0 Å². The number of hydrogen-bond acceptors (Lipinski definition) is 4. The van der Waals surface area contributed by atoms with Crippen LogP contribution in [-0.2, 0) is 13.0 Å². The first-order valence-corrected chi connectivity index (χ1v) is 12.2. The number of methoxy groups -OCH3 is 1. The van der Waals surface area contributed by atoms with Crippen LogP contribution >= 0.6 is 0 Å². The lowest BCUT2D eigenvalue weighted by Crippen LogP contribution is -2.42. The van der Waals surface area contributed by atoms with Crippen molar-refractivity contribution in [3.8, 4) is 5.75 Å². The van der Waals surface area contributed by atoms with Crippen LogP contribution in [0.5, 0.6) is 5.75 Å². The zero-order chi connectivity index (χ0) is 22.7. The molecule has 2 aromatic carbocycles. The quantitative estimate of drug-likeness (QED) is 0.683. The number of ether oxygens (including phenoxy) is 1. The van der Waals surface area contributed by atoms with Gasteiger partial charge in [0.25, 0.3) is 0 Å². The molecule has 4 rings (SSSR count). The van der Waals surface area contributed by atoms with Gasteiger partial charge in [0.2, 0.25) is 0 Å². The Morgan fingerprint density at radius 1 is 1.06 bits per heavy atom. The molecule has 1 unspecified atom stereocenters. The molecule has 0 spiro atoms. The number of piperidine rings is 1. The van der Waals surface area contributed by atoms with E-state index in [1.165, 1.54) is 47.9 Å². The molecule has 1 atom stereocenters. The minimum absolute atomic E-state index is 0.420. The van der Waals surface area contributed by atoms with Crippen LogP contribution in [0.2, 0.25) is 0 Å². The number of likely N-dealkylation sites (N-methyl/N-ethyl adjacent to an activating group) is 1. The maximum absolute atomic E-state index is 10.1. The highest BCUT2D eigenvalue weighted by Gasteiger charge is 2.26. The molecular formula is C28H40N2O2. The van der Waals surface area contributed by atoms with Crippen LogP contribution in [0.1, 0.15) is 61.3 Å². The second-order valence-electron chi connectivity index (χ2n) is 10.6. The fourth-order valence-corrected chi connectivity index (χ4v) is 5.53. The highest BCUT2D eigenvalue weighted by atomic mass is 16.5. The number of aliphatic hydroxyl groups is 1. The Kier molecular flexibility index (Phi) is 7.24. The number of rotatable bonds is 7. The monoisotopic (exact) mass is 436 g/mol. The van der Waals surface area contributed by atoms with E-state index in [9.17, 15) is 5.11 Å². The third kappa shape index (κ3) is 5.92. The molecule has 4 nitrogen and oxygen atoms in total. The Hall–Kier alpha value is -1.88. The number of β-amino-alcohol motifs (C(OH)–C–C–N with tert-alkyl or cyclic N) is 1. The second kappa shape index (κ2) is 9.94. The van der Waals surface area contributed by atoms with Crippen LogP contribution in [0, 0.1) is 5.92 Å². The molecule has 2 aliphatic rings. The SMILES string of the molecule is COc1ccc(C2CN(C)Cc3cc(CCC4CCN(CC(C)(C)O)CC4)ccc32)cc1. The van der Waals surface area contributed by atoms with Gasteiger partial charge in [-0.05, 0) is 100.0 Å². The van der Waals surface area contributed by atoms with Gasteiger partial charge in [-0.1, -0.05) is 30.3 Å². The standard InChI is InChI=1S/C28H40N2O2/c1-28(2,31)20-30-15-13-21(14-16-30)5-6-22-7-12-26-24(17-22)18-29(3)19-27(26)23-8-10-25(32-4)11-9-23/h7-12,17,21,27,31H,5-6,13-16,18-20H2,1-4H3. The van der Waals surface area contributed by atoms with Crippen LogP contribution in [-0.4, -0.2) is 60.8 Å². The maximum atomic E-state index is 10.1. The van der Waals surface area contributed by atoms with Gasteiger partial charge in [-0.3, -0.25) is 0 Å². The minimum atomic E-state index is -0.590. The summed E-state index contributed by atoms with van der Waals surface area (Å²) >= 11 is 0. The molecule has 0 amide bonds. The number of likely N-dealkylation sites (tertiary alicyclic amines) is 1. The van der Waals surface area contributed by atoms with Gasteiger partial charge < -0.3 is 19.6 Å². The third-order valence-electron chi connectivity index (χ3n) is 7.19. The first-order valence-electron chi connectivity index (χ1n) is 12.2. The molecule has 2 heterocycles. The lowest BCUT2D eigenvalue weighted by molar-refractivity contribution is 0.0240. The number of hydrogen-bond donors (Lipinski definition) is 1. The predicted octanol–water partition coefficient (Wildman–Crippen LogP) is 4.69. The Balaban J connectivity index is 1.37. The van der Waals surface area contributed by atoms with Gasteiger partial charge in [0.15, 0.2) is 0 Å². The highest BCUT2D eigenvalue weighted by Crippen LogP contribution is 2.35. The van der Waals surface area contributed by atoms with Crippen molar-refractivity contribution in [3.05, 3.63) is 64.7 Å². The van der Waals surface area contributed by atoms with Crippen molar-refractivity contribution >= 4 is 0 Å². The van der Waals surface area contributed by atoms with Crippen molar-refractivity contribution < 1.29 is 9.84 Å². The summed E-state index contributed by atoms with van der Waals surface area (Å²) in [6.07, 6.45) is 4.94. The molecule has 32 heavy (non-hydrogen) atoms. The van der Waals surface area contributed by atoms with Gasteiger partial charge >= 0.3 is 0 Å². The molecule has 0 saturated carbocycles. The van der Waals surface area contributed by atoms with E-state index in [-0.39, 0.29) is 0 Å². The second-order valence-corrected chi connectivity index (χ2v) is 10.6. The molecule has 1 N–H and O–H groups in total. The van der Waals surface area contributed by atoms with Crippen LogP contribution in [0.4, 0.5) is 0 Å². The van der Waals surface area contributed by atoms with Gasteiger partial charge in [-0.15, -0.1) is 0 Å². The van der Waals surface area contributed by atoms with E-state index in [0.717, 1.165) is 44.4 Å². The molecule has 0 aromatic heterocycles. The van der Waals surface area contributed by atoms with Crippen molar-refractivity contribution in [1.82, 2.24) is 9.80 Å². The van der Waals surface area contributed by atoms with Crippen LogP contribution in [0.25, 0.3) is 0 Å². The molecule has 0 aliphatic carbocycles. The average molecular weight is 437 g/mol. The zero-order valence-corrected chi connectivity index (χ0v) is 20.3. The lowest BCUT2D eigenvalue weighted by Gasteiger charge is -2.35. The summed E-state index contributed by atoms with van der Waals surface area (Å²) in [6, 6.07) is 15.8. The summed E-state index contributed by atoms with van der Waals surface area (Å²) in [5, 5.41) is 10.1. The van der Waals surface area contributed by atoms with Crippen molar-refractivity contribution in [2.45, 2.75) is 57.6 Å². The van der Waals surface area contributed by atoms with Gasteiger partial charge in [0.1, 0.15) is 5.75 Å². The average Bonchev–Trinajstić information content (AvgIpc) is 2.77. The molecular weight excluding hydrogens is 396 g/mol. The molecule has 2 aromatic rings. The summed E-state index contributed by atoms with van der Waals surface area (Å²) in [7, 11) is 3.95. The number of benzene rings is 2. The van der Waals surface area contributed by atoms with Crippen LogP contribution in [0.15, 0.2) is 42.5 Å². The van der Waals surface area contributed by atoms with Crippen molar-refractivity contribution in [2.24, 2.45) is 5.92 Å².